The molecule has 0 bridgehead atoms. The summed E-state index contributed by atoms with van der Waals surface area (Å²) < 4.78 is 12.9. The lowest BCUT2D eigenvalue weighted by Crippen LogP contribution is -2.53. The second-order valence-electron chi connectivity index (χ2n) is 15.8. The molecule has 5 heterocycles. The van der Waals surface area contributed by atoms with Crippen LogP contribution in [0.15, 0.2) is 96.1 Å². The van der Waals surface area contributed by atoms with Crippen molar-refractivity contribution in [1.29, 1.82) is 0 Å². The minimum Gasteiger partial charge on any atom is -0.453 e. The molecule has 12 heteroatoms. The van der Waals surface area contributed by atoms with E-state index in [1.54, 1.807) is 16.2 Å². The summed E-state index contributed by atoms with van der Waals surface area (Å²) in [6.07, 6.45) is 5.12. The van der Waals surface area contributed by atoms with Gasteiger partial charge in [0.25, 0.3) is 0 Å². The molecule has 2 N–H and O–H groups in total. The summed E-state index contributed by atoms with van der Waals surface area (Å²) in [6.45, 7) is 5.39. The number of thiophene rings is 1. The lowest BCUT2D eigenvalue weighted by atomic mass is 9.97. The number of carbonyl (C=O) groups excluding carboxylic acids is 3. The molecule has 2 aromatic heterocycles. The van der Waals surface area contributed by atoms with Gasteiger partial charge in [0.1, 0.15) is 18.5 Å². The Bertz CT molecular complexity index is 2560. The van der Waals surface area contributed by atoms with Crippen molar-refractivity contribution in [2.75, 3.05) is 20.2 Å². The number of aliphatic imine (C=N–C) groups is 1. The Hall–Kier alpha value is -6.01. The molecule has 296 valence electrons. The zero-order valence-corrected chi connectivity index (χ0v) is 33.7. The molecule has 3 amide bonds. The van der Waals surface area contributed by atoms with Gasteiger partial charge in [0.05, 0.1) is 36.8 Å². The molecule has 2 saturated heterocycles. The smallest absolute Gasteiger partial charge is 0.410 e. The third-order valence-corrected chi connectivity index (χ3v) is 12.9. The number of likely N-dealkylation sites (tertiary alicyclic amines) is 2. The minimum absolute atomic E-state index is 0.0812. The molecule has 0 saturated carbocycles. The van der Waals surface area contributed by atoms with Crippen LogP contribution in [0.2, 0.25) is 0 Å². The fourth-order valence-corrected chi connectivity index (χ4v) is 9.89. The molecule has 3 atom stereocenters. The van der Waals surface area contributed by atoms with Crippen LogP contribution in [0, 0.1) is 5.92 Å². The van der Waals surface area contributed by atoms with Crippen LogP contribution in [0.3, 0.4) is 0 Å². The molecular weight excluding hydrogens is 749 g/mol. The van der Waals surface area contributed by atoms with E-state index in [9.17, 15) is 14.4 Å². The van der Waals surface area contributed by atoms with E-state index in [1.165, 1.54) is 27.3 Å². The molecule has 3 aliphatic rings. The normalized spacial score (nSPS) is 18.2. The second kappa shape index (κ2) is 15.7. The van der Waals surface area contributed by atoms with Gasteiger partial charge in [0, 0.05) is 51.0 Å². The van der Waals surface area contributed by atoms with Crippen molar-refractivity contribution in [3.8, 4) is 22.4 Å². The number of ether oxygens (including phenoxy) is 2. The van der Waals surface area contributed by atoms with Crippen molar-refractivity contribution in [3.63, 3.8) is 0 Å². The van der Waals surface area contributed by atoms with Crippen LogP contribution in [0.1, 0.15) is 62.5 Å². The number of imidazole rings is 1. The predicted molar refractivity (Wildman–Crippen MR) is 227 cm³/mol. The third-order valence-electron chi connectivity index (χ3n) is 11.7. The molecule has 58 heavy (non-hydrogen) atoms. The summed E-state index contributed by atoms with van der Waals surface area (Å²) >= 11 is 1.78. The highest BCUT2D eigenvalue weighted by Crippen LogP contribution is 2.40. The molecule has 9 rings (SSSR count). The highest BCUT2D eigenvalue weighted by molar-refractivity contribution is 7.25. The molecule has 4 aromatic carbocycles. The van der Waals surface area contributed by atoms with Crippen molar-refractivity contribution in [3.05, 3.63) is 108 Å². The Morgan fingerprint density at radius 1 is 0.862 bits per heavy atom. The maximum Gasteiger partial charge on any atom is 0.410 e. The molecule has 0 aliphatic carbocycles. The van der Waals surface area contributed by atoms with Gasteiger partial charge in [-0.15, -0.1) is 11.3 Å². The molecule has 0 unspecified atom stereocenters. The number of H-pyrrole nitrogens is 1. The van der Waals surface area contributed by atoms with Crippen LogP contribution < -0.4 is 5.32 Å². The second-order valence-corrected chi connectivity index (χ2v) is 16.9. The van der Waals surface area contributed by atoms with Crippen molar-refractivity contribution in [1.82, 2.24) is 25.1 Å². The van der Waals surface area contributed by atoms with Crippen LogP contribution in [0.5, 0.6) is 0 Å². The Kier molecular flexibility index (Phi) is 10.2. The largest absolute Gasteiger partial charge is 0.453 e. The van der Waals surface area contributed by atoms with E-state index in [0.29, 0.717) is 19.5 Å². The molecule has 0 spiro atoms. The zero-order chi connectivity index (χ0) is 39.9. The number of carbonyl (C=O) groups is 3. The van der Waals surface area contributed by atoms with Gasteiger partial charge in [-0.05, 0) is 78.1 Å². The van der Waals surface area contributed by atoms with Gasteiger partial charge in [-0.2, -0.15) is 0 Å². The number of methoxy groups -OCH3 is 1. The van der Waals surface area contributed by atoms with Crippen molar-refractivity contribution in [2.24, 2.45) is 10.9 Å². The van der Waals surface area contributed by atoms with Crippen LogP contribution in [-0.2, 0) is 27.3 Å². The van der Waals surface area contributed by atoms with Gasteiger partial charge in [0.15, 0.2) is 0 Å². The lowest BCUT2D eigenvalue weighted by Gasteiger charge is -2.30. The number of alkyl carbamates (subject to hydrolysis) is 1. The first kappa shape index (κ1) is 37.6. The van der Waals surface area contributed by atoms with Gasteiger partial charge in [-0.3, -0.25) is 14.7 Å². The first-order chi connectivity index (χ1) is 28.2. The zero-order valence-electron chi connectivity index (χ0n) is 32.9. The number of aromatic nitrogens is 2. The van der Waals surface area contributed by atoms with Crippen molar-refractivity contribution in [2.45, 2.75) is 70.7 Å². The monoisotopic (exact) mass is 794 g/mol. The van der Waals surface area contributed by atoms with Gasteiger partial charge in [-0.1, -0.05) is 74.5 Å². The maximum atomic E-state index is 13.7. The Morgan fingerprint density at radius 2 is 1.55 bits per heavy atom. The van der Waals surface area contributed by atoms with Crippen molar-refractivity contribution >= 4 is 61.0 Å². The van der Waals surface area contributed by atoms with E-state index in [-0.39, 0.29) is 36.6 Å². The number of rotatable bonds is 9. The Labute approximate surface area is 341 Å². The van der Waals surface area contributed by atoms with Crippen LogP contribution >= 0.6 is 11.3 Å². The number of fused-ring (bicyclic) bond motifs is 4. The summed E-state index contributed by atoms with van der Waals surface area (Å²) in [5.41, 5.74) is 8.31. The lowest BCUT2D eigenvalue weighted by molar-refractivity contribution is -0.134. The molecular formula is C46H46N6O5S. The standard InChI is InChI=1S/C46H46N6O5S/c1-27(2)42(50-45(54)56-3)44(53)51-19-7-11-38(51)36-22-32-21-29(15-18-35(32)48-36)30-13-16-33-34-17-14-31(24-41(34)58-40(33)23-30)37-25-47-43(49-37)39-12-8-20-52(39)46(55)57-26-28-9-5-4-6-10-28/h4-6,9-10,13-18,21,23-25,27,38-39,42H,7-8,11-12,19-20,22,26H2,1-3H3,(H,47,49)(H,50,54)/t38-,39-,42-/m0/s1. The molecule has 11 nitrogen and oxygen atoms in total. The number of nitrogens with zero attached hydrogens (tertiary/aromatic N) is 4. The van der Waals surface area contributed by atoms with Crippen LogP contribution in [-0.4, -0.2) is 75.9 Å². The Morgan fingerprint density at radius 3 is 2.31 bits per heavy atom. The quantitative estimate of drug-likeness (QED) is 0.150. The average Bonchev–Trinajstić information content (AvgIpc) is 4.09. The van der Waals surface area contributed by atoms with Gasteiger partial charge >= 0.3 is 12.2 Å². The number of amides is 3. The molecule has 2 fully saturated rings. The number of benzene rings is 4. The fourth-order valence-electron chi connectivity index (χ4n) is 8.70. The highest BCUT2D eigenvalue weighted by atomic mass is 32.1. The summed E-state index contributed by atoms with van der Waals surface area (Å²) in [5, 5.41) is 5.17. The SMILES string of the molecule is COC(=O)N[C@H](C(=O)N1CCC[C@H]1C1=Nc2ccc(-c3ccc4c(c3)sc3cc(-c5cnc([C@@H]6CCCN6C(=O)OCc6ccccc6)[nH]5)ccc34)cc2C1)C(C)C. The maximum absolute atomic E-state index is 13.7. The van der Waals surface area contributed by atoms with E-state index in [1.807, 2.05) is 55.3 Å². The summed E-state index contributed by atoms with van der Waals surface area (Å²) in [7, 11) is 1.31. The van der Waals surface area contributed by atoms with Crippen molar-refractivity contribution < 1.29 is 23.9 Å². The predicted octanol–water partition coefficient (Wildman–Crippen LogP) is 9.59. The van der Waals surface area contributed by atoms with E-state index >= 15 is 0 Å². The van der Waals surface area contributed by atoms with E-state index in [0.717, 1.165) is 76.4 Å². The number of nitrogens with one attached hydrogen (secondary N) is 2. The summed E-state index contributed by atoms with van der Waals surface area (Å²) in [4.78, 5) is 55.8. The van der Waals surface area contributed by atoms with Gasteiger partial charge in [-0.25, -0.2) is 14.6 Å². The molecule has 6 aromatic rings. The number of hydrogen-bond donors (Lipinski definition) is 2. The first-order valence-corrected chi connectivity index (χ1v) is 20.9. The first-order valence-electron chi connectivity index (χ1n) is 20.1. The van der Waals surface area contributed by atoms with E-state index < -0.39 is 12.1 Å². The topological polar surface area (TPSA) is 129 Å². The minimum atomic E-state index is -0.657. The third kappa shape index (κ3) is 7.21. The van der Waals surface area contributed by atoms with Crippen LogP contribution in [0.4, 0.5) is 15.3 Å². The number of aromatic amines is 1. The Balaban J connectivity index is 0.894. The van der Waals surface area contributed by atoms with E-state index in [4.69, 9.17) is 19.5 Å². The number of hydrogen-bond acceptors (Lipinski definition) is 8. The molecule has 3 aliphatic heterocycles. The van der Waals surface area contributed by atoms with E-state index in [2.05, 4.69) is 64.9 Å². The summed E-state index contributed by atoms with van der Waals surface area (Å²) in [6, 6.07) is 28.5. The fraction of sp³-hybridized carbons (Fsp3) is 0.326. The van der Waals surface area contributed by atoms with Gasteiger partial charge in [0.2, 0.25) is 5.91 Å². The summed E-state index contributed by atoms with van der Waals surface area (Å²) in [5.74, 6) is 0.607. The van der Waals surface area contributed by atoms with Gasteiger partial charge < -0.3 is 24.7 Å². The van der Waals surface area contributed by atoms with Crippen LogP contribution in [0.25, 0.3) is 42.6 Å². The molecule has 0 radical (unpaired) electrons. The average molecular weight is 795 g/mol. The highest BCUT2D eigenvalue weighted by Gasteiger charge is 2.39.